The Morgan fingerprint density at radius 2 is 2.17 bits per heavy atom. The van der Waals surface area contributed by atoms with Gasteiger partial charge in [-0.3, -0.25) is 0 Å². The molecule has 5 heteroatoms. The van der Waals surface area contributed by atoms with Gasteiger partial charge in [0.1, 0.15) is 5.82 Å². The van der Waals surface area contributed by atoms with Crippen LogP contribution < -0.4 is 5.32 Å². The molecule has 0 bridgehead atoms. The molecule has 0 saturated carbocycles. The second-order valence-electron chi connectivity index (χ2n) is 3.93. The molecule has 1 unspecified atom stereocenters. The second kappa shape index (κ2) is 5.89. The van der Waals surface area contributed by atoms with Gasteiger partial charge in [0, 0.05) is 12.2 Å². The van der Waals surface area contributed by atoms with Crippen molar-refractivity contribution in [2.24, 2.45) is 0 Å². The molecule has 0 aliphatic carbocycles. The van der Waals surface area contributed by atoms with Crippen LogP contribution in [0.15, 0.2) is 36.7 Å². The quantitative estimate of drug-likeness (QED) is 0.924. The first-order chi connectivity index (χ1) is 8.72. The van der Waals surface area contributed by atoms with Crippen molar-refractivity contribution in [1.82, 2.24) is 15.5 Å². The molecule has 18 heavy (non-hydrogen) atoms. The third-order valence-corrected chi connectivity index (χ3v) is 3.24. The van der Waals surface area contributed by atoms with Crippen molar-refractivity contribution in [3.05, 3.63) is 58.6 Å². The SMILES string of the molecule is CNC(Cc1cccc(F)c1Cl)c1ccnnc1. The number of nitrogens with one attached hydrogen (secondary N) is 1. The van der Waals surface area contributed by atoms with Crippen LogP contribution in [-0.2, 0) is 6.42 Å². The molecular formula is C13H13ClFN3. The fraction of sp³-hybridized carbons (Fsp3) is 0.231. The molecule has 0 fully saturated rings. The van der Waals surface area contributed by atoms with Crippen LogP contribution in [0.4, 0.5) is 4.39 Å². The standard InChI is InChI=1S/C13H13ClFN3/c1-16-12(10-5-6-17-18-8-10)7-9-3-2-4-11(15)13(9)14/h2-6,8,12,16H,7H2,1H3. The third-order valence-electron chi connectivity index (χ3n) is 2.81. The molecule has 1 aromatic heterocycles. The zero-order chi connectivity index (χ0) is 13.0. The van der Waals surface area contributed by atoms with Gasteiger partial charge in [0.2, 0.25) is 0 Å². The molecule has 1 N–H and O–H groups in total. The van der Waals surface area contributed by atoms with Gasteiger partial charge in [0.25, 0.3) is 0 Å². The summed E-state index contributed by atoms with van der Waals surface area (Å²) < 4.78 is 13.4. The van der Waals surface area contributed by atoms with E-state index in [0.717, 1.165) is 11.1 Å². The maximum Gasteiger partial charge on any atom is 0.142 e. The van der Waals surface area contributed by atoms with Crippen LogP contribution in [0.2, 0.25) is 5.02 Å². The highest BCUT2D eigenvalue weighted by Crippen LogP contribution is 2.25. The lowest BCUT2D eigenvalue weighted by Gasteiger charge is -2.16. The molecule has 3 nitrogen and oxygen atoms in total. The van der Waals surface area contributed by atoms with Crippen LogP contribution in [-0.4, -0.2) is 17.2 Å². The van der Waals surface area contributed by atoms with Crippen molar-refractivity contribution in [2.45, 2.75) is 12.5 Å². The Kier molecular flexibility index (Phi) is 4.23. The Hall–Kier alpha value is -1.52. The fourth-order valence-electron chi connectivity index (χ4n) is 1.82. The lowest BCUT2D eigenvalue weighted by Crippen LogP contribution is -2.19. The van der Waals surface area contributed by atoms with E-state index in [0.29, 0.717) is 6.42 Å². The molecule has 1 atom stereocenters. The maximum absolute atomic E-state index is 13.4. The monoisotopic (exact) mass is 265 g/mol. The molecular weight excluding hydrogens is 253 g/mol. The number of likely N-dealkylation sites (N-methyl/N-ethyl adjacent to an activating group) is 1. The Morgan fingerprint density at radius 1 is 1.33 bits per heavy atom. The smallest absolute Gasteiger partial charge is 0.142 e. The van der Waals surface area contributed by atoms with E-state index in [-0.39, 0.29) is 11.1 Å². The minimum Gasteiger partial charge on any atom is -0.313 e. The highest BCUT2D eigenvalue weighted by atomic mass is 35.5. The Labute approximate surface area is 110 Å². The van der Waals surface area contributed by atoms with Crippen LogP contribution in [0.25, 0.3) is 0 Å². The van der Waals surface area contributed by atoms with Gasteiger partial charge in [-0.25, -0.2) is 4.39 Å². The Bertz CT molecular complexity index is 519. The number of nitrogens with zero attached hydrogens (tertiary/aromatic N) is 2. The second-order valence-corrected chi connectivity index (χ2v) is 4.31. The van der Waals surface area contributed by atoms with Crippen LogP contribution >= 0.6 is 11.6 Å². The van der Waals surface area contributed by atoms with E-state index in [2.05, 4.69) is 15.5 Å². The van der Waals surface area contributed by atoms with Gasteiger partial charge >= 0.3 is 0 Å². The van der Waals surface area contributed by atoms with Crippen LogP contribution in [0.1, 0.15) is 17.2 Å². The normalized spacial score (nSPS) is 12.4. The molecule has 1 aromatic carbocycles. The van der Waals surface area contributed by atoms with Crippen molar-refractivity contribution in [1.29, 1.82) is 0 Å². The summed E-state index contributed by atoms with van der Waals surface area (Å²) in [5, 5.41) is 10.9. The summed E-state index contributed by atoms with van der Waals surface area (Å²) in [7, 11) is 1.85. The van der Waals surface area contributed by atoms with Gasteiger partial charge in [-0.15, -0.1) is 0 Å². The average Bonchev–Trinajstić information content (AvgIpc) is 2.41. The molecule has 0 aliphatic rings. The number of aromatic nitrogens is 2. The van der Waals surface area contributed by atoms with Crippen molar-refractivity contribution in [3.8, 4) is 0 Å². The Balaban J connectivity index is 2.24. The first kappa shape index (κ1) is 12.9. The lowest BCUT2D eigenvalue weighted by atomic mass is 10.0. The van der Waals surface area contributed by atoms with E-state index in [1.165, 1.54) is 6.07 Å². The van der Waals surface area contributed by atoms with E-state index < -0.39 is 5.82 Å². The van der Waals surface area contributed by atoms with Gasteiger partial charge in [-0.05, 0) is 36.7 Å². The van der Waals surface area contributed by atoms with Gasteiger partial charge in [-0.2, -0.15) is 10.2 Å². The topological polar surface area (TPSA) is 37.8 Å². The maximum atomic E-state index is 13.4. The number of benzene rings is 1. The summed E-state index contributed by atoms with van der Waals surface area (Å²) in [4.78, 5) is 0. The van der Waals surface area contributed by atoms with E-state index in [1.807, 2.05) is 19.2 Å². The summed E-state index contributed by atoms with van der Waals surface area (Å²) in [5.74, 6) is -0.392. The summed E-state index contributed by atoms with van der Waals surface area (Å²) in [6, 6.07) is 6.74. The van der Waals surface area contributed by atoms with E-state index in [4.69, 9.17) is 11.6 Å². The third kappa shape index (κ3) is 2.83. The molecule has 94 valence electrons. The van der Waals surface area contributed by atoms with Crippen LogP contribution in [0, 0.1) is 5.82 Å². The van der Waals surface area contributed by atoms with Gasteiger partial charge in [-0.1, -0.05) is 23.7 Å². The lowest BCUT2D eigenvalue weighted by molar-refractivity contribution is 0.581. The molecule has 2 rings (SSSR count). The van der Waals surface area contributed by atoms with Gasteiger partial charge in [0.05, 0.1) is 11.2 Å². The van der Waals surface area contributed by atoms with E-state index >= 15 is 0 Å². The molecule has 0 spiro atoms. The van der Waals surface area contributed by atoms with Gasteiger partial charge in [0.15, 0.2) is 0 Å². The molecule has 1 heterocycles. The summed E-state index contributed by atoms with van der Waals surface area (Å²) >= 11 is 5.95. The van der Waals surface area contributed by atoms with Gasteiger partial charge < -0.3 is 5.32 Å². The highest BCUT2D eigenvalue weighted by Gasteiger charge is 2.14. The average molecular weight is 266 g/mol. The van der Waals surface area contributed by atoms with E-state index in [9.17, 15) is 4.39 Å². The summed E-state index contributed by atoms with van der Waals surface area (Å²) in [6.07, 6.45) is 3.92. The van der Waals surface area contributed by atoms with Crippen molar-refractivity contribution in [3.63, 3.8) is 0 Å². The molecule has 0 amide bonds. The van der Waals surface area contributed by atoms with Crippen molar-refractivity contribution < 1.29 is 4.39 Å². The number of rotatable bonds is 4. The number of hydrogen-bond donors (Lipinski definition) is 1. The van der Waals surface area contributed by atoms with Crippen molar-refractivity contribution >= 4 is 11.6 Å². The molecule has 0 saturated heterocycles. The zero-order valence-corrected chi connectivity index (χ0v) is 10.7. The van der Waals surface area contributed by atoms with E-state index in [1.54, 1.807) is 18.5 Å². The van der Waals surface area contributed by atoms with Crippen LogP contribution in [0.5, 0.6) is 0 Å². The number of halogens is 2. The molecule has 0 radical (unpaired) electrons. The fourth-order valence-corrected chi connectivity index (χ4v) is 2.02. The largest absolute Gasteiger partial charge is 0.313 e. The predicted molar refractivity (Wildman–Crippen MR) is 68.9 cm³/mol. The zero-order valence-electron chi connectivity index (χ0n) is 9.90. The highest BCUT2D eigenvalue weighted by molar-refractivity contribution is 6.31. The summed E-state index contributed by atoms with van der Waals surface area (Å²) in [5.41, 5.74) is 1.76. The number of hydrogen-bond acceptors (Lipinski definition) is 3. The molecule has 0 aliphatic heterocycles. The predicted octanol–water partition coefficient (Wildman–Crippen LogP) is 2.77. The molecule has 2 aromatic rings. The van der Waals surface area contributed by atoms with Crippen molar-refractivity contribution in [2.75, 3.05) is 7.05 Å². The summed E-state index contributed by atoms with van der Waals surface area (Å²) in [6.45, 7) is 0. The first-order valence-corrected chi connectivity index (χ1v) is 5.97. The Morgan fingerprint density at radius 3 is 2.83 bits per heavy atom. The minimum absolute atomic E-state index is 0.0276. The first-order valence-electron chi connectivity index (χ1n) is 5.59. The van der Waals surface area contributed by atoms with Crippen LogP contribution in [0.3, 0.4) is 0 Å². The minimum atomic E-state index is -0.392.